The van der Waals surface area contributed by atoms with Crippen LogP contribution in [0.15, 0.2) is 0 Å². The first kappa shape index (κ1) is 37.6. The van der Waals surface area contributed by atoms with Gasteiger partial charge in [0.15, 0.2) is 0 Å². The highest BCUT2D eigenvalue weighted by Crippen LogP contribution is 2.22. The summed E-state index contributed by atoms with van der Waals surface area (Å²) in [5, 5.41) is 43.8. The van der Waals surface area contributed by atoms with Crippen LogP contribution in [0.1, 0.15) is 6.92 Å². The molecule has 204 valence electrons. The molecule has 0 heterocycles. The predicted molar refractivity (Wildman–Crippen MR) is 136 cm³/mol. The molecule has 15 nitrogen and oxygen atoms in total. The lowest BCUT2D eigenvalue weighted by atomic mass is 10.3. The maximum absolute atomic E-state index is 10.3. The highest BCUT2D eigenvalue weighted by atomic mass is 33.1. The smallest absolute Gasteiger partial charge is 0.327 e. The Morgan fingerprint density at radius 3 is 1.34 bits per heavy atom. The molecule has 0 saturated heterocycles. The summed E-state index contributed by atoms with van der Waals surface area (Å²) in [6.07, 6.45) is 0. The van der Waals surface area contributed by atoms with Crippen molar-refractivity contribution >= 4 is 81.7 Å². The third kappa shape index (κ3) is 26.5. The molecule has 0 aromatic carbocycles. The Morgan fingerprint density at radius 2 is 1.11 bits per heavy atom. The average molecular weight is 583 g/mol. The van der Waals surface area contributed by atoms with Crippen molar-refractivity contribution in [2.45, 2.75) is 31.1 Å². The standard InChI is InChI=1S/C6H12N2O4S2.C5H9NO4S.C5H9NO3S/c7-3(5(9)10)1-13-14-2-4(8)6(11)12;6-3(5(9)10)1-11-2-4(7)8;1-3(7)6-4(2-10)5(8)9/h3-4H,1-2,7-8H2,(H,9,10)(H,11,12);3H,1-2,6H2,(H,7,8)(H,9,10);4,10H,2H2,1H3,(H,6,7)(H,8,9)/t3-,4?;3-;4-/m000/s1. The second kappa shape index (κ2) is 22.6. The lowest BCUT2D eigenvalue weighted by molar-refractivity contribution is -0.141. The highest BCUT2D eigenvalue weighted by Gasteiger charge is 2.15. The summed E-state index contributed by atoms with van der Waals surface area (Å²) in [5.74, 6) is -5.06. The van der Waals surface area contributed by atoms with Crippen LogP contribution in [0.4, 0.5) is 0 Å². The quantitative estimate of drug-likeness (QED) is 0.0562. The van der Waals surface area contributed by atoms with Gasteiger partial charge < -0.3 is 48.1 Å². The van der Waals surface area contributed by atoms with Crippen molar-refractivity contribution in [2.75, 3.05) is 28.8 Å². The van der Waals surface area contributed by atoms with Gasteiger partial charge in [-0.2, -0.15) is 12.6 Å². The molecule has 1 unspecified atom stereocenters. The van der Waals surface area contributed by atoms with Crippen LogP contribution in [-0.2, 0) is 28.8 Å². The summed E-state index contributed by atoms with van der Waals surface area (Å²) >= 11 is 4.73. The van der Waals surface area contributed by atoms with Gasteiger partial charge in [0, 0.05) is 29.9 Å². The van der Waals surface area contributed by atoms with E-state index < -0.39 is 54.0 Å². The van der Waals surface area contributed by atoms with Crippen LogP contribution in [0, 0.1) is 0 Å². The molecule has 0 aliphatic carbocycles. The molecule has 4 atom stereocenters. The number of aliphatic carboxylic acids is 5. The van der Waals surface area contributed by atoms with Crippen molar-refractivity contribution in [3.05, 3.63) is 0 Å². The minimum atomic E-state index is -1.11. The number of nitrogens with two attached hydrogens (primary N) is 3. The van der Waals surface area contributed by atoms with Crippen molar-refractivity contribution in [1.82, 2.24) is 5.32 Å². The normalized spacial score (nSPS) is 13.3. The first-order valence-corrected chi connectivity index (χ1v) is 13.4. The zero-order chi connectivity index (χ0) is 28.1. The number of hydrogen-bond acceptors (Lipinski definition) is 13. The first-order valence-electron chi connectivity index (χ1n) is 9.16. The average Bonchev–Trinajstić information content (AvgIpc) is 2.74. The van der Waals surface area contributed by atoms with Gasteiger partial charge in [-0.15, -0.1) is 11.8 Å². The van der Waals surface area contributed by atoms with Crippen LogP contribution in [0.2, 0.25) is 0 Å². The van der Waals surface area contributed by atoms with Gasteiger partial charge in [-0.1, -0.05) is 21.6 Å². The Hall–Kier alpha value is -1.90. The van der Waals surface area contributed by atoms with E-state index in [-0.39, 0.29) is 34.7 Å². The number of carbonyl (C=O) groups excluding carboxylic acids is 1. The van der Waals surface area contributed by atoms with E-state index in [1.807, 2.05) is 0 Å². The summed E-state index contributed by atoms with van der Waals surface area (Å²) in [6.45, 7) is 1.26. The summed E-state index contributed by atoms with van der Waals surface area (Å²) < 4.78 is 0. The lowest BCUT2D eigenvalue weighted by Gasteiger charge is -2.08. The monoisotopic (exact) mass is 582 g/mol. The van der Waals surface area contributed by atoms with E-state index in [1.54, 1.807) is 0 Å². The van der Waals surface area contributed by atoms with Crippen LogP contribution in [-0.4, -0.2) is 114 Å². The zero-order valence-corrected chi connectivity index (χ0v) is 21.8. The van der Waals surface area contributed by atoms with Gasteiger partial charge in [0.2, 0.25) is 5.91 Å². The second-order valence-corrected chi connectivity index (χ2v) is 10.0. The molecule has 12 N–H and O–H groups in total. The number of thiol groups is 1. The fraction of sp³-hybridized carbons (Fsp3) is 0.625. The molecular weight excluding hydrogens is 552 g/mol. The van der Waals surface area contributed by atoms with Crippen molar-refractivity contribution in [2.24, 2.45) is 17.2 Å². The molecule has 0 aromatic heterocycles. The molecule has 0 fully saturated rings. The largest absolute Gasteiger partial charge is 0.481 e. The second-order valence-electron chi connectivity index (χ2n) is 6.09. The van der Waals surface area contributed by atoms with Crippen LogP contribution >= 0.6 is 46.0 Å². The van der Waals surface area contributed by atoms with Crippen LogP contribution in [0.3, 0.4) is 0 Å². The van der Waals surface area contributed by atoms with Crippen LogP contribution < -0.4 is 22.5 Å². The number of nitrogens with one attached hydrogen (secondary N) is 1. The Bertz CT molecular complexity index is 680. The number of carboxylic acid groups (broad SMARTS) is 5. The van der Waals surface area contributed by atoms with Crippen molar-refractivity contribution in [3.63, 3.8) is 0 Å². The van der Waals surface area contributed by atoms with Gasteiger partial charge in [-0.05, 0) is 0 Å². The fourth-order valence-corrected chi connectivity index (χ4v) is 4.33. The molecule has 19 heteroatoms. The molecular formula is C16H30N4O11S4. The highest BCUT2D eigenvalue weighted by molar-refractivity contribution is 8.76. The molecule has 0 aliphatic rings. The first-order chi connectivity index (χ1) is 16.1. The Morgan fingerprint density at radius 1 is 0.743 bits per heavy atom. The number of hydrogen-bond donors (Lipinski definition) is 10. The lowest BCUT2D eigenvalue weighted by Crippen LogP contribution is -2.40. The van der Waals surface area contributed by atoms with Gasteiger partial charge in [0.25, 0.3) is 0 Å². The molecule has 0 spiro atoms. The summed E-state index contributed by atoms with van der Waals surface area (Å²) in [5.41, 5.74) is 15.5. The van der Waals surface area contributed by atoms with Gasteiger partial charge in [-0.3, -0.25) is 24.0 Å². The fourth-order valence-electron chi connectivity index (χ4n) is 1.16. The van der Waals surface area contributed by atoms with Crippen molar-refractivity contribution in [3.8, 4) is 0 Å². The van der Waals surface area contributed by atoms with Crippen LogP contribution in [0.25, 0.3) is 0 Å². The number of thioether (sulfide) groups is 1. The molecule has 0 aliphatic heterocycles. The summed E-state index contributed by atoms with van der Waals surface area (Å²) in [6, 6.07) is -3.69. The maximum atomic E-state index is 10.3. The maximum Gasteiger partial charge on any atom is 0.327 e. The molecule has 0 aromatic rings. The number of rotatable bonds is 15. The zero-order valence-electron chi connectivity index (χ0n) is 18.4. The SMILES string of the molecule is CC(=O)N[C@@H](CS)C(=O)O.NC(CSSC[C@H](N)C(=O)O)C(=O)O.N[C@@H](CSCC(=O)O)C(=O)O. The van der Waals surface area contributed by atoms with Gasteiger partial charge in [-0.25, -0.2) is 4.79 Å². The number of carbonyl (C=O) groups is 6. The minimum Gasteiger partial charge on any atom is -0.481 e. The molecule has 0 radical (unpaired) electrons. The van der Waals surface area contributed by atoms with E-state index in [0.717, 1.165) is 11.8 Å². The van der Waals surface area contributed by atoms with E-state index >= 15 is 0 Å². The van der Waals surface area contributed by atoms with Crippen LogP contribution in [0.5, 0.6) is 0 Å². The van der Waals surface area contributed by atoms with Gasteiger partial charge in [0.05, 0.1) is 5.75 Å². The topological polar surface area (TPSA) is 294 Å². The third-order valence-corrected chi connectivity index (χ3v) is 6.80. The molecule has 35 heavy (non-hydrogen) atoms. The minimum absolute atomic E-state index is 0.106. The Balaban J connectivity index is -0.000000447. The number of carboxylic acids is 5. The van der Waals surface area contributed by atoms with E-state index in [4.69, 9.17) is 42.7 Å². The van der Waals surface area contributed by atoms with Gasteiger partial charge in [0.1, 0.15) is 24.2 Å². The van der Waals surface area contributed by atoms with E-state index in [1.165, 1.54) is 28.5 Å². The summed E-state index contributed by atoms with van der Waals surface area (Å²) in [7, 11) is 2.41. The van der Waals surface area contributed by atoms with Crippen molar-refractivity contribution < 1.29 is 54.3 Å². The predicted octanol–water partition coefficient (Wildman–Crippen LogP) is -2.09. The van der Waals surface area contributed by atoms with Crippen molar-refractivity contribution in [1.29, 1.82) is 0 Å². The Kier molecular flexibility index (Phi) is 24.3. The number of amides is 1. The molecule has 0 bridgehead atoms. The third-order valence-electron chi connectivity index (χ3n) is 2.91. The van der Waals surface area contributed by atoms with E-state index in [0.29, 0.717) is 0 Å². The molecule has 0 saturated carbocycles. The molecule has 0 rings (SSSR count). The Labute approximate surface area is 218 Å². The van der Waals surface area contributed by atoms with Gasteiger partial charge >= 0.3 is 29.8 Å². The van der Waals surface area contributed by atoms with E-state index in [2.05, 4.69) is 17.9 Å². The molecule has 1 amide bonds. The summed E-state index contributed by atoms with van der Waals surface area (Å²) in [4.78, 5) is 61.1. The van der Waals surface area contributed by atoms with E-state index in [9.17, 15) is 28.8 Å².